The first-order valence-corrected chi connectivity index (χ1v) is 7.66. The van der Waals surface area contributed by atoms with Crippen LogP contribution in [-0.2, 0) is 0 Å². The summed E-state index contributed by atoms with van der Waals surface area (Å²) < 4.78 is 5.64. The van der Waals surface area contributed by atoms with Gasteiger partial charge in [0.25, 0.3) is 0 Å². The molecule has 1 N–H and O–H groups in total. The highest BCUT2D eigenvalue weighted by atomic mass is 16.3. The van der Waals surface area contributed by atoms with Crippen molar-refractivity contribution in [1.29, 1.82) is 0 Å². The zero-order valence-electron chi connectivity index (χ0n) is 13.0. The summed E-state index contributed by atoms with van der Waals surface area (Å²) in [5, 5.41) is 3.66. The number of furan rings is 1. The minimum atomic E-state index is 0.117. The lowest BCUT2D eigenvalue weighted by molar-refractivity contribution is 0.0510. The smallest absolute Gasteiger partial charge is 0.120 e. The van der Waals surface area contributed by atoms with Crippen molar-refractivity contribution in [3.63, 3.8) is 0 Å². The van der Waals surface area contributed by atoms with E-state index in [-0.39, 0.29) is 11.6 Å². The van der Waals surface area contributed by atoms with Crippen LogP contribution < -0.4 is 5.32 Å². The van der Waals surface area contributed by atoms with Gasteiger partial charge in [-0.15, -0.1) is 0 Å². The van der Waals surface area contributed by atoms with Crippen molar-refractivity contribution in [2.75, 3.05) is 13.1 Å². The molecule has 2 aromatic rings. The van der Waals surface area contributed by atoms with Crippen molar-refractivity contribution in [2.24, 2.45) is 0 Å². The van der Waals surface area contributed by atoms with Gasteiger partial charge in [0.2, 0.25) is 0 Å². The zero-order chi connectivity index (χ0) is 14.9. The van der Waals surface area contributed by atoms with E-state index in [1.165, 1.54) is 5.56 Å². The van der Waals surface area contributed by atoms with Crippen LogP contribution >= 0.6 is 0 Å². The van der Waals surface area contributed by atoms with Crippen LogP contribution in [0.4, 0.5) is 0 Å². The maximum absolute atomic E-state index is 5.64. The molecule has 1 fully saturated rings. The third kappa shape index (κ3) is 3.04. The summed E-state index contributed by atoms with van der Waals surface area (Å²) in [6.07, 6.45) is 1.76. The van der Waals surface area contributed by atoms with E-state index in [4.69, 9.17) is 4.42 Å². The summed E-state index contributed by atoms with van der Waals surface area (Å²) in [5.74, 6) is 1.04. The molecule has 0 radical (unpaired) electrons. The standard InChI is InChI=1S/C18H24N2O/c1-14(17-10-7-11-21-17)20-13-18(2,3)19-12-16(20)15-8-5-4-6-9-15/h4-11,14,16,19H,12-13H2,1-3H3. The first kappa shape index (κ1) is 14.4. The summed E-state index contributed by atoms with van der Waals surface area (Å²) >= 11 is 0. The second-order valence-corrected chi connectivity index (χ2v) is 6.55. The van der Waals surface area contributed by atoms with Crippen molar-refractivity contribution in [1.82, 2.24) is 10.2 Å². The third-order valence-electron chi connectivity index (χ3n) is 4.39. The van der Waals surface area contributed by atoms with Crippen LogP contribution in [0.15, 0.2) is 53.1 Å². The van der Waals surface area contributed by atoms with E-state index in [9.17, 15) is 0 Å². The van der Waals surface area contributed by atoms with Crippen molar-refractivity contribution < 1.29 is 4.42 Å². The highest BCUT2D eigenvalue weighted by Crippen LogP contribution is 2.34. The molecule has 0 spiro atoms. The Kier molecular flexibility index (Phi) is 3.87. The Labute approximate surface area is 127 Å². The fraction of sp³-hybridized carbons (Fsp3) is 0.444. The molecular formula is C18H24N2O. The highest BCUT2D eigenvalue weighted by molar-refractivity contribution is 5.22. The number of benzene rings is 1. The van der Waals surface area contributed by atoms with Gasteiger partial charge in [-0.1, -0.05) is 30.3 Å². The van der Waals surface area contributed by atoms with Crippen LogP contribution in [0.2, 0.25) is 0 Å². The van der Waals surface area contributed by atoms with Gasteiger partial charge < -0.3 is 9.73 Å². The lowest BCUT2D eigenvalue weighted by atomic mass is 9.93. The van der Waals surface area contributed by atoms with E-state index in [0.29, 0.717) is 6.04 Å². The molecule has 0 amide bonds. The molecule has 1 aliphatic rings. The molecule has 0 saturated carbocycles. The first-order valence-electron chi connectivity index (χ1n) is 7.66. The predicted octanol–water partition coefficient (Wildman–Crippen LogP) is 3.77. The van der Waals surface area contributed by atoms with Gasteiger partial charge in [-0.2, -0.15) is 0 Å². The summed E-state index contributed by atoms with van der Waals surface area (Å²) in [5.41, 5.74) is 1.48. The second kappa shape index (κ2) is 5.66. The van der Waals surface area contributed by atoms with Crippen LogP contribution in [0.3, 0.4) is 0 Å². The summed E-state index contributed by atoms with van der Waals surface area (Å²) in [6.45, 7) is 8.71. The van der Waals surface area contributed by atoms with Gasteiger partial charge in [-0.05, 0) is 38.5 Å². The van der Waals surface area contributed by atoms with Crippen LogP contribution in [0.5, 0.6) is 0 Å². The molecule has 1 aliphatic heterocycles. The Bertz CT molecular complexity index is 562. The van der Waals surface area contributed by atoms with Crippen molar-refractivity contribution in [2.45, 2.75) is 38.4 Å². The van der Waals surface area contributed by atoms with E-state index >= 15 is 0 Å². The SMILES string of the molecule is CC(c1ccco1)N1CC(C)(C)NCC1c1ccccc1. The fourth-order valence-electron chi connectivity index (χ4n) is 3.20. The monoisotopic (exact) mass is 284 g/mol. The number of nitrogens with one attached hydrogen (secondary N) is 1. The van der Waals surface area contributed by atoms with Crippen molar-refractivity contribution >= 4 is 0 Å². The molecule has 3 nitrogen and oxygen atoms in total. The van der Waals surface area contributed by atoms with Gasteiger partial charge >= 0.3 is 0 Å². The van der Waals surface area contributed by atoms with Crippen LogP contribution in [0.25, 0.3) is 0 Å². The number of hydrogen-bond donors (Lipinski definition) is 1. The lowest BCUT2D eigenvalue weighted by Crippen LogP contribution is -2.58. The molecule has 21 heavy (non-hydrogen) atoms. The molecule has 1 aromatic heterocycles. The Morgan fingerprint density at radius 3 is 2.62 bits per heavy atom. The highest BCUT2D eigenvalue weighted by Gasteiger charge is 2.36. The Hall–Kier alpha value is -1.58. The minimum absolute atomic E-state index is 0.117. The average Bonchev–Trinajstić information content (AvgIpc) is 3.01. The topological polar surface area (TPSA) is 28.4 Å². The quantitative estimate of drug-likeness (QED) is 0.930. The third-order valence-corrected chi connectivity index (χ3v) is 4.39. The Morgan fingerprint density at radius 1 is 1.19 bits per heavy atom. The summed E-state index contributed by atoms with van der Waals surface area (Å²) in [6, 6.07) is 15.4. The second-order valence-electron chi connectivity index (χ2n) is 6.55. The van der Waals surface area contributed by atoms with Gasteiger partial charge in [0.1, 0.15) is 5.76 Å². The Balaban J connectivity index is 1.91. The van der Waals surface area contributed by atoms with Gasteiger partial charge in [0, 0.05) is 24.7 Å². The molecule has 3 rings (SSSR count). The number of nitrogens with zero attached hydrogens (tertiary/aromatic N) is 1. The molecule has 1 saturated heterocycles. The van der Waals surface area contributed by atoms with Gasteiger partial charge in [-0.25, -0.2) is 0 Å². The predicted molar refractivity (Wildman–Crippen MR) is 85.1 cm³/mol. The van der Waals surface area contributed by atoms with Gasteiger partial charge in [0.05, 0.1) is 12.3 Å². The fourth-order valence-corrected chi connectivity index (χ4v) is 3.20. The van der Waals surface area contributed by atoms with E-state index in [1.807, 2.05) is 6.07 Å². The number of hydrogen-bond acceptors (Lipinski definition) is 3. The molecule has 3 heteroatoms. The zero-order valence-corrected chi connectivity index (χ0v) is 13.0. The summed E-state index contributed by atoms with van der Waals surface area (Å²) in [7, 11) is 0. The molecule has 2 heterocycles. The Morgan fingerprint density at radius 2 is 1.95 bits per heavy atom. The van der Waals surface area contributed by atoms with Crippen molar-refractivity contribution in [3.05, 3.63) is 60.1 Å². The largest absolute Gasteiger partial charge is 0.468 e. The molecule has 2 atom stereocenters. The molecule has 1 aromatic carbocycles. The maximum Gasteiger partial charge on any atom is 0.120 e. The van der Waals surface area contributed by atoms with Crippen LogP contribution in [-0.4, -0.2) is 23.5 Å². The van der Waals surface area contributed by atoms with Crippen molar-refractivity contribution in [3.8, 4) is 0 Å². The molecular weight excluding hydrogens is 260 g/mol. The lowest BCUT2D eigenvalue weighted by Gasteiger charge is -2.47. The minimum Gasteiger partial charge on any atom is -0.468 e. The molecule has 0 aliphatic carbocycles. The molecule has 2 unspecified atom stereocenters. The summed E-state index contributed by atoms with van der Waals surface area (Å²) in [4.78, 5) is 2.55. The maximum atomic E-state index is 5.64. The van der Waals surface area contributed by atoms with E-state index in [1.54, 1.807) is 6.26 Å². The molecule has 112 valence electrons. The molecule has 0 bridgehead atoms. The van der Waals surface area contributed by atoms with E-state index in [2.05, 4.69) is 67.4 Å². The van der Waals surface area contributed by atoms with E-state index < -0.39 is 0 Å². The van der Waals surface area contributed by atoms with Gasteiger partial charge in [-0.3, -0.25) is 4.90 Å². The first-order chi connectivity index (χ1) is 10.1. The average molecular weight is 284 g/mol. The van der Waals surface area contributed by atoms with Crippen LogP contribution in [0, 0.1) is 0 Å². The number of piperazine rings is 1. The number of rotatable bonds is 3. The van der Waals surface area contributed by atoms with Crippen LogP contribution in [0.1, 0.15) is 44.2 Å². The van der Waals surface area contributed by atoms with E-state index in [0.717, 1.165) is 18.8 Å². The van der Waals surface area contributed by atoms with Gasteiger partial charge in [0.15, 0.2) is 0 Å². The normalized spacial score (nSPS) is 23.9.